The molecule has 1 aromatic carbocycles. The molecular weight excluding hydrogens is 442 g/mol. The van der Waals surface area contributed by atoms with Crippen LogP contribution in [0.15, 0.2) is 29.4 Å². The van der Waals surface area contributed by atoms with Crippen molar-refractivity contribution >= 4 is 50.6 Å². The molecule has 0 atom stereocenters. The maximum absolute atomic E-state index is 12.6. The van der Waals surface area contributed by atoms with Gasteiger partial charge in [-0.1, -0.05) is 11.8 Å². The minimum Gasteiger partial charge on any atom is -0.497 e. The fourth-order valence-corrected chi connectivity index (χ4v) is 6.37. The van der Waals surface area contributed by atoms with Crippen LogP contribution >= 0.6 is 23.1 Å². The van der Waals surface area contributed by atoms with E-state index in [0.29, 0.717) is 5.92 Å². The van der Waals surface area contributed by atoms with E-state index in [2.05, 4.69) is 19.9 Å². The van der Waals surface area contributed by atoms with Crippen LogP contribution in [0.5, 0.6) is 5.75 Å². The number of nitrogens with one attached hydrogen (secondary N) is 1. The molecule has 2 aliphatic carbocycles. The molecular formula is C23H23N5O2S2. The number of carbonyl (C=O) groups is 1. The number of nitrogens with zero attached hydrogens (tertiary/aromatic N) is 4. The molecule has 164 valence electrons. The van der Waals surface area contributed by atoms with E-state index >= 15 is 0 Å². The summed E-state index contributed by atoms with van der Waals surface area (Å²) in [5.74, 6) is 2.45. The number of benzene rings is 1. The lowest BCUT2D eigenvalue weighted by Crippen LogP contribution is -2.14. The molecule has 0 aliphatic heterocycles. The van der Waals surface area contributed by atoms with Crippen molar-refractivity contribution < 1.29 is 9.53 Å². The van der Waals surface area contributed by atoms with E-state index in [1.54, 1.807) is 7.11 Å². The first-order valence-corrected chi connectivity index (χ1v) is 12.8. The Bertz CT molecular complexity index is 1320. The highest BCUT2D eigenvalue weighted by Crippen LogP contribution is 2.44. The Morgan fingerprint density at radius 1 is 1.22 bits per heavy atom. The highest BCUT2D eigenvalue weighted by molar-refractivity contribution is 7.99. The highest BCUT2D eigenvalue weighted by atomic mass is 32.2. The van der Waals surface area contributed by atoms with Gasteiger partial charge in [0, 0.05) is 16.5 Å². The first-order valence-electron chi connectivity index (χ1n) is 11.0. The third-order valence-electron chi connectivity index (χ3n) is 6.10. The van der Waals surface area contributed by atoms with Crippen LogP contribution in [-0.4, -0.2) is 38.4 Å². The second kappa shape index (κ2) is 8.04. The van der Waals surface area contributed by atoms with Crippen molar-refractivity contribution in [3.05, 3.63) is 40.5 Å². The largest absolute Gasteiger partial charge is 0.497 e. The van der Waals surface area contributed by atoms with Gasteiger partial charge in [0.1, 0.15) is 16.4 Å². The zero-order valence-electron chi connectivity index (χ0n) is 17.8. The number of aromatic nitrogens is 4. The number of aryl methyl sites for hydroxylation is 2. The fourth-order valence-electron chi connectivity index (χ4n) is 4.36. The van der Waals surface area contributed by atoms with Crippen molar-refractivity contribution in [3.63, 3.8) is 0 Å². The molecule has 0 unspecified atom stereocenters. The number of anilines is 1. The van der Waals surface area contributed by atoms with Gasteiger partial charge in [0.2, 0.25) is 5.91 Å². The van der Waals surface area contributed by atoms with Crippen LogP contribution < -0.4 is 10.1 Å². The normalized spacial score (nSPS) is 15.8. The number of carbonyl (C=O) groups excluding carboxylic acids is 1. The van der Waals surface area contributed by atoms with Gasteiger partial charge in [0.25, 0.3) is 0 Å². The predicted molar refractivity (Wildman–Crippen MR) is 127 cm³/mol. The van der Waals surface area contributed by atoms with Crippen LogP contribution in [0.1, 0.15) is 47.9 Å². The van der Waals surface area contributed by atoms with Crippen molar-refractivity contribution in [1.29, 1.82) is 0 Å². The van der Waals surface area contributed by atoms with Gasteiger partial charge in [-0.25, -0.2) is 4.98 Å². The van der Waals surface area contributed by atoms with Crippen molar-refractivity contribution in [1.82, 2.24) is 19.6 Å². The predicted octanol–water partition coefficient (Wildman–Crippen LogP) is 4.83. The molecule has 32 heavy (non-hydrogen) atoms. The van der Waals surface area contributed by atoms with E-state index in [9.17, 15) is 4.79 Å². The number of thiophene rings is 1. The van der Waals surface area contributed by atoms with Gasteiger partial charge >= 0.3 is 0 Å². The first-order chi connectivity index (χ1) is 15.7. The zero-order valence-corrected chi connectivity index (χ0v) is 19.4. The lowest BCUT2D eigenvalue weighted by molar-refractivity contribution is -0.113. The number of thioether (sulfide) groups is 1. The number of ether oxygens (including phenoxy) is 1. The van der Waals surface area contributed by atoms with E-state index in [-0.39, 0.29) is 11.7 Å². The lowest BCUT2D eigenvalue weighted by atomic mass is 9.97. The number of fused-ring (bicyclic) bond motifs is 5. The molecule has 0 radical (unpaired) electrons. The van der Waals surface area contributed by atoms with E-state index in [0.717, 1.165) is 58.6 Å². The van der Waals surface area contributed by atoms with E-state index in [1.165, 1.54) is 40.4 Å². The Kier molecular flexibility index (Phi) is 5.02. The molecule has 1 N–H and O–H groups in total. The van der Waals surface area contributed by atoms with Crippen molar-refractivity contribution in [2.45, 2.75) is 49.6 Å². The molecule has 1 amide bonds. The summed E-state index contributed by atoms with van der Waals surface area (Å²) in [4.78, 5) is 20.2. The second-order valence-electron chi connectivity index (χ2n) is 8.34. The van der Waals surface area contributed by atoms with Gasteiger partial charge in [-0.2, -0.15) is 0 Å². The second-order valence-corrected chi connectivity index (χ2v) is 10.4. The Balaban J connectivity index is 1.30. The number of hydrogen-bond acceptors (Lipinski definition) is 7. The number of methoxy groups -OCH3 is 1. The summed E-state index contributed by atoms with van der Waals surface area (Å²) in [6.07, 6.45) is 7.01. The first kappa shape index (κ1) is 20.0. The Labute approximate surface area is 193 Å². The van der Waals surface area contributed by atoms with Crippen molar-refractivity contribution in [2.75, 3.05) is 18.2 Å². The molecule has 3 aromatic heterocycles. The third-order valence-corrected chi connectivity index (χ3v) is 8.22. The molecule has 1 fully saturated rings. The van der Waals surface area contributed by atoms with Gasteiger partial charge in [-0.3, -0.25) is 9.20 Å². The van der Waals surface area contributed by atoms with Gasteiger partial charge < -0.3 is 10.1 Å². The summed E-state index contributed by atoms with van der Waals surface area (Å²) in [6, 6.07) is 7.32. The van der Waals surface area contributed by atoms with Gasteiger partial charge in [0.05, 0.1) is 18.2 Å². The minimum absolute atomic E-state index is 0.0770. The molecule has 1 saturated carbocycles. The molecule has 0 saturated heterocycles. The summed E-state index contributed by atoms with van der Waals surface area (Å²) in [7, 11) is 1.62. The van der Waals surface area contributed by atoms with Crippen molar-refractivity contribution in [2.24, 2.45) is 0 Å². The van der Waals surface area contributed by atoms with Gasteiger partial charge in [-0.05, 0) is 68.4 Å². The smallest absolute Gasteiger partial charge is 0.234 e. The Morgan fingerprint density at radius 3 is 2.81 bits per heavy atom. The monoisotopic (exact) mass is 465 g/mol. The Hall–Kier alpha value is -2.65. The molecule has 2 aliphatic rings. The average molecular weight is 466 g/mol. The third kappa shape index (κ3) is 3.53. The number of rotatable bonds is 6. The molecule has 0 spiro atoms. The van der Waals surface area contributed by atoms with Crippen LogP contribution in [0.25, 0.3) is 15.9 Å². The van der Waals surface area contributed by atoms with E-state index in [4.69, 9.17) is 9.72 Å². The maximum atomic E-state index is 12.6. The zero-order chi connectivity index (χ0) is 21.7. The summed E-state index contributed by atoms with van der Waals surface area (Å²) < 4.78 is 7.28. The molecule has 4 aromatic rings. The molecule has 7 nitrogen and oxygen atoms in total. The van der Waals surface area contributed by atoms with Crippen LogP contribution in [0.4, 0.5) is 5.69 Å². The topological polar surface area (TPSA) is 81.4 Å². The van der Waals surface area contributed by atoms with Crippen LogP contribution in [0.2, 0.25) is 0 Å². The van der Waals surface area contributed by atoms with Crippen molar-refractivity contribution in [3.8, 4) is 5.75 Å². The molecule has 0 bridgehead atoms. The van der Waals surface area contributed by atoms with E-state index < -0.39 is 0 Å². The summed E-state index contributed by atoms with van der Waals surface area (Å²) in [6.45, 7) is 0. The van der Waals surface area contributed by atoms with Crippen LogP contribution in [0.3, 0.4) is 0 Å². The average Bonchev–Trinajstić information content (AvgIpc) is 3.47. The summed E-state index contributed by atoms with van der Waals surface area (Å²) >= 11 is 3.25. The highest BCUT2D eigenvalue weighted by Gasteiger charge is 2.32. The lowest BCUT2D eigenvalue weighted by Gasteiger charge is -2.11. The molecule has 3 heterocycles. The molecule has 9 heteroatoms. The minimum atomic E-state index is -0.0770. The quantitative estimate of drug-likeness (QED) is 0.411. The standard InChI is InChI=1S/C23H23N5O2S2/c1-30-15-10-8-14(9-11-15)24-18(29)12-31-23-27-26-21-19-16-4-2-3-5-17(16)32-22(19)25-20(28(21)23)13-6-7-13/h8-11,13H,2-7,12H2,1H3,(H,24,29). The SMILES string of the molecule is COc1ccc(NC(=O)CSc2nnc3c4c5c(sc4nc(C4CC4)n23)CCCC5)cc1. The van der Waals surface area contributed by atoms with E-state index in [1.807, 2.05) is 35.6 Å². The molecule has 6 rings (SSSR count). The fraction of sp³-hybridized carbons (Fsp3) is 0.391. The van der Waals surface area contributed by atoms with Gasteiger partial charge in [-0.15, -0.1) is 21.5 Å². The number of amides is 1. The Morgan fingerprint density at radius 2 is 2.03 bits per heavy atom. The van der Waals surface area contributed by atoms with Crippen LogP contribution in [0, 0.1) is 0 Å². The number of hydrogen-bond donors (Lipinski definition) is 1. The summed E-state index contributed by atoms with van der Waals surface area (Å²) in [5.41, 5.74) is 3.07. The summed E-state index contributed by atoms with van der Waals surface area (Å²) in [5, 5.41) is 13.9. The van der Waals surface area contributed by atoms with Gasteiger partial charge in [0.15, 0.2) is 10.8 Å². The van der Waals surface area contributed by atoms with Crippen LogP contribution in [-0.2, 0) is 17.6 Å². The maximum Gasteiger partial charge on any atom is 0.234 e.